The molecule has 18 heavy (non-hydrogen) atoms. The molecular formula is C13H17N3O2. The van der Waals surface area contributed by atoms with Crippen LogP contribution in [0.2, 0.25) is 0 Å². The maximum Gasteiger partial charge on any atom is 0.218 e. The van der Waals surface area contributed by atoms with Gasteiger partial charge >= 0.3 is 0 Å². The van der Waals surface area contributed by atoms with Gasteiger partial charge in [0.2, 0.25) is 5.88 Å². The van der Waals surface area contributed by atoms with Crippen LogP contribution in [0.5, 0.6) is 5.88 Å². The Bertz CT molecular complexity index is 483. The fourth-order valence-corrected chi connectivity index (χ4v) is 1.53. The minimum absolute atomic E-state index is 0.595. The van der Waals surface area contributed by atoms with Crippen LogP contribution in [0.3, 0.4) is 0 Å². The first-order valence-electron chi connectivity index (χ1n) is 6.08. The third kappa shape index (κ3) is 3.23. The number of aromatic nitrogens is 2. The summed E-state index contributed by atoms with van der Waals surface area (Å²) < 4.78 is 10.7. The van der Waals surface area contributed by atoms with Crippen molar-refractivity contribution in [1.29, 1.82) is 0 Å². The molecule has 0 unspecified atom stereocenters. The summed E-state index contributed by atoms with van der Waals surface area (Å²) in [5, 5.41) is 3.20. The normalized spacial score (nSPS) is 10.3. The Morgan fingerprint density at radius 1 is 1.33 bits per heavy atom. The first-order chi connectivity index (χ1) is 8.81. The van der Waals surface area contributed by atoms with Gasteiger partial charge in [-0.15, -0.1) is 0 Å². The molecule has 2 rings (SSSR count). The van der Waals surface area contributed by atoms with Crippen molar-refractivity contribution < 1.29 is 9.15 Å². The van der Waals surface area contributed by atoms with Crippen LogP contribution in [-0.4, -0.2) is 16.6 Å². The average Bonchev–Trinajstić information content (AvgIpc) is 2.89. The predicted molar refractivity (Wildman–Crippen MR) is 68.6 cm³/mol. The highest BCUT2D eigenvalue weighted by atomic mass is 16.5. The molecule has 0 spiro atoms. The number of hydrogen-bond donors (Lipinski definition) is 1. The van der Waals surface area contributed by atoms with Crippen molar-refractivity contribution in [1.82, 2.24) is 9.97 Å². The number of aryl methyl sites for hydroxylation is 1. The number of ether oxygens (including phenoxy) is 1. The lowest BCUT2D eigenvalue weighted by Gasteiger charge is -2.08. The van der Waals surface area contributed by atoms with E-state index in [0.29, 0.717) is 19.0 Å². The van der Waals surface area contributed by atoms with Gasteiger partial charge in [0.05, 0.1) is 19.4 Å². The molecular weight excluding hydrogens is 230 g/mol. The zero-order chi connectivity index (χ0) is 12.8. The van der Waals surface area contributed by atoms with Gasteiger partial charge in [0, 0.05) is 12.5 Å². The van der Waals surface area contributed by atoms with Crippen LogP contribution in [0.4, 0.5) is 5.82 Å². The molecule has 5 heteroatoms. The van der Waals surface area contributed by atoms with Crippen molar-refractivity contribution in [3.05, 3.63) is 36.0 Å². The fraction of sp³-hybridized carbons (Fsp3) is 0.385. The van der Waals surface area contributed by atoms with Gasteiger partial charge in [-0.3, -0.25) is 0 Å². The molecule has 0 radical (unpaired) electrons. The highest BCUT2D eigenvalue weighted by Crippen LogP contribution is 2.15. The van der Waals surface area contributed by atoms with E-state index in [0.717, 1.165) is 23.8 Å². The molecule has 2 aromatic heterocycles. The van der Waals surface area contributed by atoms with E-state index < -0.39 is 0 Å². The van der Waals surface area contributed by atoms with E-state index in [1.54, 1.807) is 12.3 Å². The van der Waals surface area contributed by atoms with Crippen LogP contribution in [0.1, 0.15) is 25.4 Å². The van der Waals surface area contributed by atoms with Crippen molar-refractivity contribution in [3.8, 4) is 5.88 Å². The summed E-state index contributed by atoms with van der Waals surface area (Å²) >= 11 is 0. The predicted octanol–water partition coefficient (Wildman–Crippen LogP) is 2.64. The zero-order valence-corrected chi connectivity index (χ0v) is 10.6. The molecule has 5 nitrogen and oxygen atoms in total. The van der Waals surface area contributed by atoms with Crippen LogP contribution in [-0.2, 0) is 13.0 Å². The van der Waals surface area contributed by atoms with Gasteiger partial charge < -0.3 is 14.5 Å². The van der Waals surface area contributed by atoms with Crippen molar-refractivity contribution in [3.63, 3.8) is 0 Å². The van der Waals surface area contributed by atoms with E-state index >= 15 is 0 Å². The van der Waals surface area contributed by atoms with Crippen LogP contribution < -0.4 is 10.1 Å². The average molecular weight is 247 g/mol. The van der Waals surface area contributed by atoms with Gasteiger partial charge in [-0.05, 0) is 19.1 Å². The molecule has 0 saturated carbocycles. The van der Waals surface area contributed by atoms with Crippen molar-refractivity contribution in [2.75, 3.05) is 11.9 Å². The number of hydrogen-bond acceptors (Lipinski definition) is 5. The first kappa shape index (κ1) is 12.4. The van der Waals surface area contributed by atoms with E-state index in [1.807, 2.05) is 26.0 Å². The smallest absolute Gasteiger partial charge is 0.218 e. The molecule has 0 aliphatic heterocycles. The maximum atomic E-state index is 5.41. The Kier molecular flexibility index (Phi) is 4.17. The second kappa shape index (κ2) is 6.05. The SMILES string of the molecule is CCOc1cc(NCc2ccco2)nc(CC)n1. The van der Waals surface area contributed by atoms with Crippen molar-refractivity contribution in [2.24, 2.45) is 0 Å². The molecule has 2 aromatic rings. The van der Waals surface area contributed by atoms with Crippen molar-refractivity contribution in [2.45, 2.75) is 26.8 Å². The number of furan rings is 1. The van der Waals surface area contributed by atoms with Gasteiger partial charge in [-0.2, -0.15) is 4.98 Å². The Labute approximate surface area is 106 Å². The van der Waals surface area contributed by atoms with Crippen LogP contribution in [0.15, 0.2) is 28.9 Å². The molecule has 0 atom stereocenters. The van der Waals surface area contributed by atoms with Gasteiger partial charge in [0.15, 0.2) is 0 Å². The highest BCUT2D eigenvalue weighted by molar-refractivity contribution is 5.38. The van der Waals surface area contributed by atoms with Crippen LogP contribution in [0.25, 0.3) is 0 Å². The van der Waals surface area contributed by atoms with Gasteiger partial charge in [-0.25, -0.2) is 4.98 Å². The molecule has 96 valence electrons. The second-order valence-corrected chi connectivity index (χ2v) is 3.73. The Morgan fingerprint density at radius 3 is 2.89 bits per heavy atom. The minimum Gasteiger partial charge on any atom is -0.478 e. The Balaban J connectivity index is 2.08. The van der Waals surface area contributed by atoms with E-state index in [1.165, 1.54) is 0 Å². The lowest BCUT2D eigenvalue weighted by atomic mass is 10.4. The molecule has 0 amide bonds. The zero-order valence-electron chi connectivity index (χ0n) is 10.6. The summed E-state index contributed by atoms with van der Waals surface area (Å²) in [5.41, 5.74) is 0. The van der Waals surface area contributed by atoms with Crippen LogP contribution in [0, 0.1) is 0 Å². The second-order valence-electron chi connectivity index (χ2n) is 3.73. The van der Waals surface area contributed by atoms with Gasteiger partial charge in [0.1, 0.15) is 17.4 Å². The maximum absolute atomic E-state index is 5.41. The molecule has 0 fully saturated rings. The molecule has 0 aromatic carbocycles. The quantitative estimate of drug-likeness (QED) is 0.850. The lowest BCUT2D eigenvalue weighted by molar-refractivity contribution is 0.325. The summed E-state index contributed by atoms with van der Waals surface area (Å²) in [6.45, 7) is 5.14. The molecule has 1 N–H and O–H groups in total. The fourth-order valence-electron chi connectivity index (χ4n) is 1.53. The largest absolute Gasteiger partial charge is 0.478 e. The molecule has 2 heterocycles. The standard InChI is InChI=1S/C13H17N3O2/c1-3-11-15-12(8-13(16-11)17-4-2)14-9-10-6-5-7-18-10/h5-8H,3-4,9H2,1-2H3,(H,14,15,16). The van der Waals surface area contributed by atoms with E-state index in [4.69, 9.17) is 9.15 Å². The molecule has 0 bridgehead atoms. The van der Waals surface area contributed by atoms with E-state index in [2.05, 4.69) is 15.3 Å². The molecule has 0 aliphatic rings. The lowest BCUT2D eigenvalue weighted by Crippen LogP contribution is -2.05. The number of nitrogens with one attached hydrogen (secondary N) is 1. The Morgan fingerprint density at radius 2 is 2.22 bits per heavy atom. The summed E-state index contributed by atoms with van der Waals surface area (Å²) in [6.07, 6.45) is 2.43. The Hall–Kier alpha value is -2.04. The third-order valence-electron chi connectivity index (χ3n) is 2.38. The molecule has 0 saturated heterocycles. The van der Waals surface area contributed by atoms with E-state index in [-0.39, 0.29) is 0 Å². The summed E-state index contributed by atoms with van der Waals surface area (Å²) in [6, 6.07) is 5.57. The van der Waals surface area contributed by atoms with Crippen LogP contribution >= 0.6 is 0 Å². The third-order valence-corrected chi connectivity index (χ3v) is 2.38. The summed E-state index contributed by atoms with van der Waals surface area (Å²) in [7, 11) is 0. The number of rotatable bonds is 6. The summed E-state index contributed by atoms with van der Waals surface area (Å²) in [4.78, 5) is 8.68. The van der Waals surface area contributed by atoms with E-state index in [9.17, 15) is 0 Å². The topological polar surface area (TPSA) is 60.2 Å². The highest BCUT2D eigenvalue weighted by Gasteiger charge is 2.04. The van der Waals surface area contributed by atoms with Crippen molar-refractivity contribution >= 4 is 5.82 Å². The van der Waals surface area contributed by atoms with Gasteiger partial charge in [-0.1, -0.05) is 6.92 Å². The number of anilines is 1. The summed E-state index contributed by atoms with van der Waals surface area (Å²) in [5.74, 6) is 2.99. The first-order valence-corrected chi connectivity index (χ1v) is 6.08. The molecule has 0 aliphatic carbocycles. The monoisotopic (exact) mass is 247 g/mol. The van der Waals surface area contributed by atoms with Gasteiger partial charge in [0.25, 0.3) is 0 Å². The minimum atomic E-state index is 0.595. The number of nitrogens with zero attached hydrogens (tertiary/aromatic N) is 2.